The molecule has 0 aromatic carbocycles. The van der Waals surface area contributed by atoms with Gasteiger partial charge in [-0.2, -0.15) is 0 Å². The van der Waals surface area contributed by atoms with Crippen LogP contribution in [0.3, 0.4) is 0 Å². The molecular weight excluding hydrogens is 154 g/mol. The normalized spacial score (nSPS) is 25.7. The van der Waals surface area contributed by atoms with Gasteiger partial charge in [-0.15, -0.1) is 0 Å². The Morgan fingerprint density at radius 2 is 2.33 bits per heavy atom. The van der Waals surface area contributed by atoms with Gasteiger partial charge in [-0.1, -0.05) is 18.9 Å². The van der Waals surface area contributed by atoms with Gasteiger partial charge >= 0.3 is 0 Å². The van der Waals surface area contributed by atoms with E-state index in [0.29, 0.717) is 17.3 Å². The molecule has 0 spiro atoms. The van der Waals surface area contributed by atoms with Crippen molar-refractivity contribution in [2.24, 2.45) is 11.3 Å². The number of nitrogens with zero attached hydrogens (tertiary/aromatic N) is 4. The number of aromatic nitrogens is 4. The van der Waals surface area contributed by atoms with Gasteiger partial charge in [0.15, 0.2) is 0 Å². The van der Waals surface area contributed by atoms with Gasteiger partial charge in [-0.25, -0.2) is 4.68 Å². The monoisotopic (exact) mass is 167 g/mol. The first-order chi connectivity index (χ1) is 5.59. The highest BCUT2D eigenvalue weighted by molar-refractivity contribution is 5.11. The maximum absolute atomic E-state index is 5.53. The molecule has 0 radical (unpaired) electrons. The molecular formula is C7H13N5. The molecule has 66 valence electrons. The largest absolute Gasteiger partial charge is 0.367 e. The molecule has 1 unspecified atom stereocenters. The van der Waals surface area contributed by atoms with Crippen LogP contribution in [0.1, 0.15) is 20.3 Å². The third kappa shape index (κ3) is 1.15. The first-order valence-corrected chi connectivity index (χ1v) is 4.11. The molecule has 12 heavy (non-hydrogen) atoms. The summed E-state index contributed by atoms with van der Waals surface area (Å²) in [4.78, 5) is 0. The van der Waals surface area contributed by atoms with Crippen molar-refractivity contribution in [1.29, 1.82) is 0 Å². The summed E-state index contributed by atoms with van der Waals surface area (Å²) in [7, 11) is 0. The van der Waals surface area contributed by atoms with Crippen molar-refractivity contribution in [3.8, 4) is 0 Å². The quantitative estimate of drug-likeness (QED) is 0.687. The van der Waals surface area contributed by atoms with Gasteiger partial charge in [0.2, 0.25) is 5.95 Å². The van der Waals surface area contributed by atoms with E-state index in [4.69, 9.17) is 5.73 Å². The highest BCUT2D eigenvalue weighted by atomic mass is 15.6. The number of rotatable bonds is 2. The first kappa shape index (κ1) is 7.52. The molecule has 1 atom stereocenters. The highest BCUT2D eigenvalue weighted by Gasteiger charge is 2.45. The average molecular weight is 167 g/mol. The van der Waals surface area contributed by atoms with Gasteiger partial charge in [0.1, 0.15) is 0 Å². The number of nitrogen functional groups attached to an aromatic ring is 1. The molecule has 5 nitrogen and oxygen atoms in total. The Balaban J connectivity index is 2.02. The summed E-state index contributed by atoms with van der Waals surface area (Å²) in [6.45, 7) is 5.35. The van der Waals surface area contributed by atoms with Crippen LogP contribution in [0.5, 0.6) is 0 Å². The van der Waals surface area contributed by atoms with Crippen molar-refractivity contribution in [2.75, 3.05) is 5.73 Å². The van der Waals surface area contributed by atoms with Gasteiger partial charge in [-0.05, 0) is 28.2 Å². The number of hydrogen-bond acceptors (Lipinski definition) is 4. The minimum atomic E-state index is 0.415. The molecule has 1 aliphatic carbocycles. The fourth-order valence-electron chi connectivity index (χ4n) is 1.44. The summed E-state index contributed by atoms with van der Waals surface area (Å²) >= 11 is 0. The van der Waals surface area contributed by atoms with Crippen LogP contribution in [-0.2, 0) is 6.54 Å². The summed E-state index contributed by atoms with van der Waals surface area (Å²) in [6.07, 6.45) is 1.24. The third-order valence-corrected chi connectivity index (χ3v) is 2.67. The summed E-state index contributed by atoms with van der Waals surface area (Å²) in [5, 5.41) is 10.9. The summed E-state index contributed by atoms with van der Waals surface area (Å²) in [5.41, 5.74) is 5.99. The second-order valence-corrected chi connectivity index (χ2v) is 4.11. The molecule has 0 bridgehead atoms. The predicted molar refractivity (Wildman–Crippen MR) is 44.1 cm³/mol. The summed E-state index contributed by atoms with van der Waals surface area (Å²) < 4.78 is 1.67. The Hall–Kier alpha value is -1.13. The van der Waals surface area contributed by atoms with E-state index >= 15 is 0 Å². The lowest BCUT2D eigenvalue weighted by molar-refractivity contribution is 0.468. The van der Waals surface area contributed by atoms with Crippen molar-refractivity contribution in [3.05, 3.63) is 0 Å². The molecule has 2 N–H and O–H groups in total. The summed E-state index contributed by atoms with van der Waals surface area (Å²) in [5.74, 6) is 1.10. The van der Waals surface area contributed by atoms with Crippen LogP contribution in [0.25, 0.3) is 0 Å². The maximum Gasteiger partial charge on any atom is 0.240 e. The Bertz CT molecular complexity index is 290. The van der Waals surface area contributed by atoms with Crippen molar-refractivity contribution in [3.63, 3.8) is 0 Å². The van der Waals surface area contributed by atoms with E-state index in [1.165, 1.54) is 6.42 Å². The number of anilines is 1. The van der Waals surface area contributed by atoms with E-state index in [1.54, 1.807) is 4.68 Å². The van der Waals surface area contributed by atoms with E-state index in [0.717, 1.165) is 6.54 Å². The van der Waals surface area contributed by atoms with Gasteiger partial charge in [-0.3, -0.25) is 0 Å². The fraction of sp³-hybridized carbons (Fsp3) is 0.857. The fourth-order valence-corrected chi connectivity index (χ4v) is 1.44. The van der Waals surface area contributed by atoms with E-state index in [2.05, 4.69) is 29.4 Å². The van der Waals surface area contributed by atoms with E-state index in [1.807, 2.05) is 0 Å². The van der Waals surface area contributed by atoms with Crippen LogP contribution in [0.2, 0.25) is 0 Å². The average Bonchev–Trinajstić information content (AvgIpc) is 2.39. The topological polar surface area (TPSA) is 69.6 Å². The van der Waals surface area contributed by atoms with Crippen molar-refractivity contribution in [1.82, 2.24) is 20.2 Å². The Kier molecular flexibility index (Phi) is 1.37. The van der Waals surface area contributed by atoms with Gasteiger partial charge in [0.25, 0.3) is 0 Å². The molecule has 2 rings (SSSR count). The Morgan fingerprint density at radius 3 is 2.75 bits per heavy atom. The highest BCUT2D eigenvalue weighted by Crippen LogP contribution is 2.52. The standard InChI is InChI=1S/C7H13N5/c1-7(2)3-5(7)4-12-6(8)9-10-11-12/h5H,3-4H2,1-2H3,(H2,8,9,11). The van der Waals surface area contributed by atoms with Crippen molar-refractivity contribution >= 4 is 5.95 Å². The molecule has 1 aliphatic rings. The number of hydrogen-bond donors (Lipinski definition) is 1. The van der Waals surface area contributed by atoms with Gasteiger partial charge in [0, 0.05) is 6.54 Å². The van der Waals surface area contributed by atoms with Crippen LogP contribution in [0.15, 0.2) is 0 Å². The molecule has 1 aromatic heterocycles. The zero-order chi connectivity index (χ0) is 8.77. The third-order valence-electron chi connectivity index (χ3n) is 2.67. The predicted octanol–water partition coefficient (Wildman–Crippen LogP) is 0.301. The molecule has 1 saturated carbocycles. The SMILES string of the molecule is CC1(C)CC1Cn1nnnc1N. The van der Waals surface area contributed by atoms with Crippen LogP contribution in [0, 0.1) is 11.3 Å². The molecule has 0 saturated heterocycles. The van der Waals surface area contributed by atoms with Crippen molar-refractivity contribution in [2.45, 2.75) is 26.8 Å². The number of nitrogens with two attached hydrogens (primary N) is 1. The zero-order valence-corrected chi connectivity index (χ0v) is 7.36. The first-order valence-electron chi connectivity index (χ1n) is 4.11. The lowest BCUT2D eigenvalue weighted by Crippen LogP contribution is -2.08. The van der Waals surface area contributed by atoms with E-state index < -0.39 is 0 Å². The lowest BCUT2D eigenvalue weighted by atomic mass is 10.1. The van der Waals surface area contributed by atoms with E-state index in [9.17, 15) is 0 Å². The van der Waals surface area contributed by atoms with Crippen LogP contribution < -0.4 is 5.73 Å². The molecule has 0 aliphatic heterocycles. The van der Waals surface area contributed by atoms with Gasteiger partial charge < -0.3 is 5.73 Å². The molecule has 1 aromatic rings. The molecule has 1 fully saturated rings. The van der Waals surface area contributed by atoms with Gasteiger partial charge in [0.05, 0.1) is 0 Å². The second-order valence-electron chi connectivity index (χ2n) is 4.11. The lowest BCUT2D eigenvalue weighted by Gasteiger charge is -2.02. The molecule has 0 amide bonds. The van der Waals surface area contributed by atoms with E-state index in [-0.39, 0.29) is 0 Å². The zero-order valence-electron chi connectivity index (χ0n) is 7.36. The maximum atomic E-state index is 5.53. The minimum absolute atomic E-state index is 0.415. The molecule has 5 heteroatoms. The summed E-state index contributed by atoms with van der Waals surface area (Å²) in [6, 6.07) is 0. The molecule has 1 heterocycles. The van der Waals surface area contributed by atoms with Crippen LogP contribution in [0.4, 0.5) is 5.95 Å². The van der Waals surface area contributed by atoms with Crippen molar-refractivity contribution < 1.29 is 0 Å². The second kappa shape index (κ2) is 2.18. The Morgan fingerprint density at radius 1 is 1.67 bits per heavy atom. The number of tetrazole rings is 1. The Labute approximate surface area is 70.9 Å². The van der Waals surface area contributed by atoms with Crippen LogP contribution in [-0.4, -0.2) is 20.2 Å². The van der Waals surface area contributed by atoms with Crippen LogP contribution >= 0.6 is 0 Å². The minimum Gasteiger partial charge on any atom is -0.367 e. The smallest absolute Gasteiger partial charge is 0.240 e.